The molecule has 3 unspecified atom stereocenters. The average molecular weight is 263 g/mol. The first-order valence-corrected chi connectivity index (χ1v) is 8.56. The normalized spacial score (nSPS) is 40.4. The Morgan fingerprint density at radius 2 is 1.95 bits per heavy atom. The fourth-order valence-electron chi connectivity index (χ4n) is 4.35. The van der Waals surface area contributed by atoms with Crippen molar-refractivity contribution in [3.05, 3.63) is 0 Å². The second kappa shape index (κ2) is 5.01. The highest BCUT2D eigenvalue weighted by Crippen LogP contribution is 2.38. The van der Waals surface area contributed by atoms with E-state index in [0.29, 0.717) is 0 Å². The van der Waals surface area contributed by atoms with Crippen LogP contribution in [0, 0.1) is 0 Å². The van der Waals surface area contributed by atoms with Crippen LogP contribution >= 0.6 is 0 Å². The Labute approximate surface area is 117 Å². The summed E-state index contributed by atoms with van der Waals surface area (Å²) in [6.07, 6.45) is 10.0. The van der Waals surface area contributed by atoms with Gasteiger partial charge in [-0.3, -0.25) is 9.80 Å². The maximum Gasteiger partial charge on any atom is 0.0241 e. The fourth-order valence-corrected chi connectivity index (χ4v) is 4.35. The fraction of sp³-hybridized carbons (Fsp3) is 1.00. The molecule has 3 nitrogen and oxygen atoms in total. The molecule has 108 valence electrons. The molecule has 0 bridgehead atoms. The topological polar surface area (TPSA) is 18.5 Å². The number of hydrogen-bond donors (Lipinski definition) is 1. The lowest BCUT2D eigenvalue weighted by molar-refractivity contribution is 0.166. The lowest BCUT2D eigenvalue weighted by Gasteiger charge is -2.31. The van der Waals surface area contributed by atoms with Crippen LogP contribution in [0.25, 0.3) is 0 Å². The molecule has 2 aliphatic carbocycles. The molecule has 0 amide bonds. The maximum atomic E-state index is 3.70. The molecule has 0 radical (unpaired) electrons. The molecule has 0 aromatic heterocycles. The van der Waals surface area contributed by atoms with Gasteiger partial charge >= 0.3 is 0 Å². The summed E-state index contributed by atoms with van der Waals surface area (Å²) >= 11 is 0. The summed E-state index contributed by atoms with van der Waals surface area (Å²) in [7, 11) is 0. The van der Waals surface area contributed by atoms with Crippen molar-refractivity contribution in [1.82, 2.24) is 15.1 Å². The zero-order chi connectivity index (χ0) is 12.8. The second-order valence-electron chi connectivity index (χ2n) is 7.39. The summed E-state index contributed by atoms with van der Waals surface area (Å²) in [5, 5.41) is 3.70. The van der Waals surface area contributed by atoms with Gasteiger partial charge in [-0.2, -0.15) is 0 Å². The number of hydrogen-bond acceptors (Lipinski definition) is 3. The predicted octanol–water partition coefficient (Wildman–Crippen LogP) is 1.83. The van der Waals surface area contributed by atoms with Gasteiger partial charge in [0.15, 0.2) is 0 Å². The van der Waals surface area contributed by atoms with Crippen LogP contribution < -0.4 is 5.32 Å². The zero-order valence-electron chi connectivity index (χ0n) is 12.4. The van der Waals surface area contributed by atoms with Gasteiger partial charge in [0.25, 0.3) is 0 Å². The van der Waals surface area contributed by atoms with Crippen LogP contribution in [0.3, 0.4) is 0 Å². The minimum absolute atomic E-state index is 0.783. The van der Waals surface area contributed by atoms with Crippen LogP contribution in [-0.4, -0.2) is 59.6 Å². The number of nitrogens with zero attached hydrogens (tertiary/aromatic N) is 2. The lowest BCUT2D eigenvalue weighted by atomic mass is 10.1. The number of nitrogens with one attached hydrogen (secondary N) is 1. The van der Waals surface area contributed by atoms with Crippen LogP contribution in [-0.2, 0) is 0 Å². The Morgan fingerprint density at radius 3 is 2.58 bits per heavy atom. The molecule has 2 saturated heterocycles. The van der Waals surface area contributed by atoms with Crippen molar-refractivity contribution >= 4 is 0 Å². The third-order valence-electron chi connectivity index (χ3n) is 5.70. The zero-order valence-corrected chi connectivity index (χ0v) is 12.4. The Morgan fingerprint density at radius 1 is 1.11 bits per heavy atom. The highest BCUT2D eigenvalue weighted by Gasteiger charge is 2.44. The van der Waals surface area contributed by atoms with Crippen LogP contribution in [0.2, 0.25) is 0 Å². The van der Waals surface area contributed by atoms with Gasteiger partial charge in [-0.05, 0) is 58.4 Å². The van der Waals surface area contributed by atoms with Crippen LogP contribution in [0.1, 0.15) is 51.9 Å². The average Bonchev–Trinajstić information content (AvgIpc) is 3.32. The summed E-state index contributed by atoms with van der Waals surface area (Å²) < 4.78 is 0. The van der Waals surface area contributed by atoms with Crippen molar-refractivity contribution in [1.29, 1.82) is 0 Å². The molecule has 0 spiro atoms. The molecule has 2 heterocycles. The summed E-state index contributed by atoms with van der Waals surface area (Å²) in [6.45, 7) is 6.38. The first-order chi connectivity index (χ1) is 9.31. The van der Waals surface area contributed by atoms with E-state index in [4.69, 9.17) is 0 Å². The quantitative estimate of drug-likeness (QED) is 0.816. The smallest absolute Gasteiger partial charge is 0.0241 e. The van der Waals surface area contributed by atoms with Crippen molar-refractivity contribution in [2.24, 2.45) is 0 Å². The van der Waals surface area contributed by atoms with E-state index < -0.39 is 0 Å². The van der Waals surface area contributed by atoms with Crippen LogP contribution in [0.5, 0.6) is 0 Å². The molecule has 19 heavy (non-hydrogen) atoms. The molecular formula is C16H29N3. The molecule has 0 aromatic carbocycles. The molecule has 4 fully saturated rings. The molecule has 1 N–H and O–H groups in total. The lowest BCUT2D eigenvalue weighted by Crippen LogP contribution is -2.46. The van der Waals surface area contributed by atoms with Gasteiger partial charge in [-0.15, -0.1) is 0 Å². The van der Waals surface area contributed by atoms with Gasteiger partial charge in [0, 0.05) is 43.3 Å². The SMILES string of the molecule is CC1CC(N(CC2CCCN2)C2CC2)CN1C1CC1. The van der Waals surface area contributed by atoms with Crippen LogP contribution in [0.15, 0.2) is 0 Å². The molecular weight excluding hydrogens is 234 g/mol. The predicted molar refractivity (Wildman–Crippen MR) is 78.3 cm³/mol. The van der Waals surface area contributed by atoms with Gasteiger partial charge in [0.1, 0.15) is 0 Å². The Balaban J connectivity index is 1.39. The monoisotopic (exact) mass is 263 g/mol. The minimum Gasteiger partial charge on any atom is -0.313 e. The van der Waals surface area contributed by atoms with Gasteiger partial charge in [-0.25, -0.2) is 0 Å². The Kier molecular flexibility index (Phi) is 3.33. The van der Waals surface area contributed by atoms with Gasteiger partial charge < -0.3 is 5.32 Å². The minimum atomic E-state index is 0.783. The largest absolute Gasteiger partial charge is 0.313 e. The van der Waals surface area contributed by atoms with E-state index in [9.17, 15) is 0 Å². The van der Waals surface area contributed by atoms with Crippen LogP contribution in [0.4, 0.5) is 0 Å². The molecule has 3 atom stereocenters. The maximum absolute atomic E-state index is 3.70. The standard InChI is InChI=1S/C16H29N3/c1-12-9-16(11-18(12)14-4-5-14)19(15-6-7-15)10-13-3-2-8-17-13/h12-17H,2-11H2,1H3. The van der Waals surface area contributed by atoms with E-state index >= 15 is 0 Å². The summed E-state index contributed by atoms with van der Waals surface area (Å²) in [4.78, 5) is 5.70. The van der Waals surface area contributed by atoms with Crippen molar-refractivity contribution in [3.8, 4) is 0 Å². The molecule has 4 rings (SSSR count). The summed E-state index contributed by atoms with van der Waals surface area (Å²) in [6, 6.07) is 4.34. The molecule has 0 aromatic rings. The van der Waals surface area contributed by atoms with Gasteiger partial charge in [0.2, 0.25) is 0 Å². The molecule has 2 aliphatic heterocycles. The third kappa shape index (κ3) is 2.70. The van der Waals surface area contributed by atoms with Gasteiger partial charge in [0.05, 0.1) is 0 Å². The molecule has 2 saturated carbocycles. The first-order valence-electron chi connectivity index (χ1n) is 8.56. The van der Waals surface area contributed by atoms with E-state index in [2.05, 4.69) is 22.0 Å². The Hall–Kier alpha value is -0.120. The van der Waals surface area contributed by atoms with E-state index in [1.807, 2.05) is 0 Å². The second-order valence-corrected chi connectivity index (χ2v) is 7.39. The first kappa shape index (κ1) is 12.6. The van der Waals surface area contributed by atoms with E-state index in [0.717, 1.165) is 30.2 Å². The number of rotatable bonds is 5. The summed E-state index contributed by atoms with van der Waals surface area (Å²) in [5.74, 6) is 0. The van der Waals surface area contributed by atoms with Crippen molar-refractivity contribution in [2.75, 3.05) is 19.6 Å². The van der Waals surface area contributed by atoms with Crippen molar-refractivity contribution < 1.29 is 0 Å². The van der Waals surface area contributed by atoms with E-state index in [1.54, 1.807) is 0 Å². The number of likely N-dealkylation sites (tertiary alicyclic amines) is 1. The van der Waals surface area contributed by atoms with E-state index in [-0.39, 0.29) is 0 Å². The highest BCUT2D eigenvalue weighted by molar-refractivity contribution is 5.00. The third-order valence-corrected chi connectivity index (χ3v) is 5.70. The Bertz CT molecular complexity index is 318. The highest BCUT2D eigenvalue weighted by atomic mass is 15.3. The van der Waals surface area contributed by atoms with E-state index in [1.165, 1.54) is 64.6 Å². The van der Waals surface area contributed by atoms with Gasteiger partial charge in [-0.1, -0.05) is 0 Å². The molecule has 4 aliphatic rings. The molecule has 3 heteroatoms. The van der Waals surface area contributed by atoms with Crippen molar-refractivity contribution in [3.63, 3.8) is 0 Å². The van der Waals surface area contributed by atoms with Crippen molar-refractivity contribution in [2.45, 2.75) is 82.1 Å². The summed E-state index contributed by atoms with van der Waals surface area (Å²) in [5.41, 5.74) is 0.